The first-order chi connectivity index (χ1) is 15.2. The number of ether oxygens (including phenoxy) is 1. The van der Waals surface area contributed by atoms with Crippen molar-refractivity contribution in [1.82, 2.24) is 14.6 Å². The van der Waals surface area contributed by atoms with Gasteiger partial charge in [-0.1, -0.05) is 24.3 Å². The monoisotopic (exact) mass is 445 g/mol. The molecule has 0 amide bonds. The number of nitrogens with zero attached hydrogens (tertiary/aromatic N) is 3. The molecule has 1 unspecified atom stereocenters. The van der Waals surface area contributed by atoms with Crippen LogP contribution in [0.1, 0.15) is 18.0 Å². The van der Waals surface area contributed by atoms with Crippen molar-refractivity contribution in [1.29, 1.82) is 0 Å². The summed E-state index contributed by atoms with van der Waals surface area (Å²) >= 11 is 0. The van der Waals surface area contributed by atoms with Gasteiger partial charge in [0.1, 0.15) is 5.82 Å². The molecule has 0 aliphatic carbocycles. The predicted molar refractivity (Wildman–Crippen MR) is 111 cm³/mol. The molecule has 2 aromatic heterocycles. The third-order valence-electron chi connectivity index (χ3n) is 5.01. The van der Waals surface area contributed by atoms with Crippen molar-refractivity contribution >= 4 is 11.6 Å². The van der Waals surface area contributed by atoms with Crippen molar-refractivity contribution < 1.29 is 22.3 Å². The Morgan fingerprint density at radius 1 is 1.06 bits per heavy atom. The number of anilines is 1. The number of nitrogen functional groups attached to an aromatic ring is 1. The van der Waals surface area contributed by atoms with Crippen LogP contribution in [0.15, 0.2) is 60.8 Å². The Balaban J connectivity index is 1.47. The van der Waals surface area contributed by atoms with Crippen LogP contribution >= 0.6 is 0 Å². The van der Waals surface area contributed by atoms with Gasteiger partial charge in [0.25, 0.3) is 5.92 Å². The molecule has 0 radical (unpaired) electrons. The van der Waals surface area contributed by atoms with Crippen molar-refractivity contribution in [3.8, 4) is 16.9 Å². The van der Waals surface area contributed by atoms with E-state index in [4.69, 9.17) is 16.2 Å². The molecule has 10 heteroatoms. The largest absolute Gasteiger partial charge is 0.490 e. The van der Waals surface area contributed by atoms with E-state index in [9.17, 15) is 13.2 Å². The van der Waals surface area contributed by atoms with Gasteiger partial charge in [-0.05, 0) is 41.5 Å². The van der Waals surface area contributed by atoms with Crippen LogP contribution in [0, 0.1) is 11.6 Å². The Morgan fingerprint density at radius 3 is 2.56 bits per heavy atom. The second-order valence-corrected chi connectivity index (χ2v) is 7.19. The fourth-order valence-electron chi connectivity index (χ4n) is 3.28. The first-order valence-corrected chi connectivity index (χ1v) is 9.67. The van der Waals surface area contributed by atoms with Crippen LogP contribution in [-0.2, 0) is 0 Å². The van der Waals surface area contributed by atoms with Crippen LogP contribution in [0.2, 0.25) is 0 Å². The van der Waals surface area contributed by atoms with Gasteiger partial charge < -0.3 is 16.2 Å². The molecule has 4 aromatic rings. The molecule has 0 fully saturated rings. The standard InChI is InChI=1S/C22H19F4N5O/c23-15-6-4-13(5-7-15)20(27)22(25,26)9-11-32-17-3-1-2-16(19(17)24)14-8-10-31-18(12-14)29-21(28)30-31/h1-8,10,12,20H,9,11,27H2,(H2,28,30). The number of alkyl halides is 2. The Morgan fingerprint density at radius 2 is 1.81 bits per heavy atom. The quantitative estimate of drug-likeness (QED) is 0.413. The Bertz CT molecular complexity index is 1240. The molecule has 4 N–H and O–H groups in total. The number of halogens is 4. The van der Waals surface area contributed by atoms with Gasteiger partial charge >= 0.3 is 0 Å². The van der Waals surface area contributed by atoms with Crippen LogP contribution in [0.4, 0.5) is 23.5 Å². The Labute approximate surface area is 180 Å². The Kier molecular flexibility index (Phi) is 5.70. The summed E-state index contributed by atoms with van der Waals surface area (Å²) in [5, 5.41) is 3.96. The van der Waals surface area contributed by atoms with Gasteiger partial charge in [0.2, 0.25) is 5.95 Å². The average Bonchev–Trinajstić information content (AvgIpc) is 3.14. The molecular weight excluding hydrogens is 426 g/mol. The van der Waals surface area contributed by atoms with Crippen molar-refractivity contribution in [3.05, 3.63) is 78.0 Å². The zero-order valence-corrected chi connectivity index (χ0v) is 16.7. The SMILES string of the molecule is Nc1nc2cc(-c3cccc(OCCC(F)(F)C(N)c4ccc(F)cc4)c3F)ccn2n1. The molecule has 6 nitrogen and oxygen atoms in total. The first-order valence-electron chi connectivity index (χ1n) is 9.67. The van der Waals surface area contributed by atoms with Crippen LogP contribution in [0.25, 0.3) is 16.8 Å². The van der Waals surface area contributed by atoms with Crippen molar-refractivity contribution in [2.75, 3.05) is 12.3 Å². The highest BCUT2D eigenvalue weighted by molar-refractivity contribution is 5.69. The van der Waals surface area contributed by atoms with Gasteiger partial charge in [-0.3, -0.25) is 0 Å². The predicted octanol–water partition coefficient (Wildman–Crippen LogP) is 4.36. The third-order valence-corrected chi connectivity index (χ3v) is 5.01. The highest BCUT2D eigenvalue weighted by atomic mass is 19.3. The molecule has 166 valence electrons. The minimum atomic E-state index is -3.34. The lowest BCUT2D eigenvalue weighted by atomic mass is 9.99. The maximum atomic E-state index is 15.0. The summed E-state index contributed by atoms with van der Waals surface area (Å²) in [6.07, 6.45) is 0.832. The average molecular weight is 445 g/mol. The van der Waals surface area contributed by atoms with Gasteiger partial charge in [-0.2, -0.15) is 4.98 Å². The molecule has 2 aromatic carbocycles. The summed E-state index contributed by atoms with van der Waals surface area (Å²) < 4.78 is 63.7. The van der Waals surface area contributed by atoms with Gasteiger partial charge in [0.05, 0.1) is 12.6 Å². The van der Waals surface area contributed by atoms with Crippen molar-refractivity contribution in [2.24, 2.45) is 5.73 Å². The van der Waals surface area contributed by atoms with E-state index in [0.717, 1.165) is 12.1 Å². The number of pyridine rings is 1. The second-order valence-electron chi connectivity index (χ2n) is 7.19. The number of rotatable bonds is 7. The lowest BCUT2D eigenvalue weighted by Crippen LogP contribution is -2.34. The van der Waals surface area contributed by atoms with E-state index >= 15 is 4.39 Å². The topological polar surface area (TPSA) is 91.5 Å². The molecule has 2 heterocycles. The molecule has 32 heavy (non-hydrogen) atoms. The molecule has 0 aliphatic heterocycles. The summed E-state index contributed by atoms with van der Waals surface area (Å²) in [5.41, 5.74) is 12.4. The van der Waals surface area contributed by atoms with Crippen molar-refractivity contribution in [3.63, 3.8) is 0 Å². The number of nitrogens with two attached hydrogens (primary N) is 2. The van der Waals surface area contributed by atoms with Crippen LogP contribution < -0.4 is 16.2 Å². The third kappa shape index (κ3) is 4.35. The first kappa shape index (κ1) is 21.6. The number of hydrogen-bond donors (Lipinski definition) is 2. The lowest BCUT2D eigenvalue weighted by molar-refractivity contribution is -0.0435. The van der Waals surface area contributed by atoms with Crippen molar-refractivity contribution in [2.45, 2.75) is 18.4 Å². The van der Waals surface area contributed by atoms with E-state index in [2.05, 4.69) is 10.1 Å². The number of fused-ring (bicyclic) bond motifs is 1. The maximum Gasteiger partial charge on any atom is 0.270 e. The van der Waals surface area contributed by atoms with E-state index in [-0.39, 0.29) is 22.8 Å². The van der Waals surface area contributed by atoms with E-state index in [1.54, 1.807) is 24.4 Å². The molecule has 0 aliphatic rings. The number of hydrogen-bond acceptors (Lipinski definition) is 5. The van der Waals surface area contributed by atoms with Gasteiger partial charge in [-0.15, -0.1) is 5.10 Å². The van der Waals surface area contributed by atoms with E-state index in [1.165, 1.54) is 28.8 Å². The van der Waals surface area contributed by atoms with Crippen LogP contribution in [-0.4, -0.2) is 27.1 Å². The minimum absolute atomic E-state index is 0.0829. The molecule has 4 rings (SSSR count). The van der Waals surface area contributed by atoms with Crippen LogP contribution in [0.3, 0.4) is 0 Å². The summed E-state index contributed by atoms with van der Waals surface area (Å²) in [5.74, 6) is -4.68. The number of benzene rings is 2. The second kappa shape index (κ2) is 8.46. The van der Waals surface area contributed by atoms with Gasteiger partial charge in [0.15, 0.2) is 17.2 Å². The van der Waals surface area contributed by atoms with Gasteiger partial charge in [0, 0.05) is 18.2 Å². The molecule has 0 bridgehead atoms. The maximum absolute atomic E-state index is 15.0. The molecule has 0 saturated heterocycles. The molecule has 1 atom stereocenters. The summed E-state index contributed by atoms with van der Waals surface area (Å²) in [4.78, 5) is 4.03. The minimum Gasteiger partial charge on any atom is -0.490 e. The zero-order valence-electron chi connectivity index (χ0n) is 16.7. The highest BCUT2D eigenvalue weighted by Crippen LogP contribution is 2.34. The summed E-state index contributed by atoms with van der Waals surface area (Å²) in [7, 11) is 0. The number of aromatic nitrogens is 3. The van der Waals surface area contributed by atoms with E-state index < -0.39 is 36.6 Å². The Hall–Kier alpha value is -3.66. The fraction of sp³-hybridized carbons (Fsp3) is 0.182. The zero-order chi connectivity index (χ0) is 22.9. The van der Waals surface area contributed by atoms with E-state index in [1.807, 2.05) is 0 Å². The fourth-order valence-corrected chi connectivity index (χ4v) is 3.28. The molecular formula is C22H19F4N5O. The lowest BCUT2D eigenvalue weighted by Gasteiger charge is -2.24. The molecule has 0 spiro atoms. The van der Waals surface area contributed by atoms with Gasteiger partial charge in [-0.25, -0.2) is 22.1 Å². The molecule has 0 saturated carbocycles. The summed E-state index contributed by atoms with van der Waals surface area (Å²) in [6, 6.07) is 10.6. The normalized spacial score (nSPS) is 12.8. The van der Waals surface area contributed by atoms with E-state index in [0.29, 0.717) is 11.2 Å². The smallest absolute Gasteiger partial charge is 0.270 e. The highest BCUT2D eigenvalue weighted by Gasteiger charge is 2.38. The van der Waals surface area contributed by atoms with Crippen LogP contribution in [0.5, 0.6) is 5.75 Å². The summed E-state index contributed by atoms with van der Waals surface area (Å²) in [6.45, 7) is -0.470.